The summed E-state index contributed by atoms with van der Waals surface area (Å²) in [6.45, 7) is 9.41. The second-order valence-corrected chi connectivity index (χ2v) is 8.95. The van der Waals surface area contributed by atoms with Crippen LogP contribution in [-0.2, 0) is 17.7 Å². The van der Waals surface area contributed by atoms with Crippen LogP contribution in [0.2, 0.25) is 0 Å². The Morgan fingerprint density at radius 2 is 2.30 bits per heavy atom. The van der Waals surface area contributed by atoms with Crippen molar-refractivity contribution in [3.63, 3.8) is 0 Å². The van der Waals surface area contributed by atoms with Gasteiger partial charge in [0.1, 0.15) is 23.1 Å². The number of hydrogen-bond donors (Lipinski definition) is 2. The number of fused-ring (bicyclic) bond motifs is 2. The van der Waals surface area contributed by atoms with Crippen molar-refractivity contribution in [1.29, 1.82) is 0 Å². The van der Waals surface area contributed by atoms with Gasteiger partial charge in [-0.15, -0.1) is 0 Å². The third kappa shape index (κ3) is 4.01. The molecule has 7 nitrogen and oxygen atoms in total. The zero-order valence-corrected chi connectivity index (χ0v) is 19.4. The summed E-state index contributed by atoms with van der Waals surface area (Å²) in [5.74, 6) is 1.95. The van der Waals surface area contributed by atoms with Crippen molar-refractivity contribution in [3.8, 4) is 0 Å². The molecule has 0 radical (unpaired) electrons. The first-order chi connectivity index (χ1) is 16.0. The van der Waals surface area contributed by atoms with E-state index in [1.807, 2.05) is 19.9 Å². The van der Waals surface area contributed by atoms with Crippen LogP contribution in [0.1, 0.15) is 67.2 Å². The molecule has 2 atom stereocenters. The zero-order valence-electron chi connectivity index (χ0n) is 18.7. The van der Waals surface area contributed by atoms with Gasteiger partial charge in [-0.25, -0.2) is 0 Å². The first-order valence-electron chi connectivity index (χ1n) is 11.1. The Hall–Kier alpha value is -2.87. The number of allylic oxidation sites excluding steroid dienone is 3. The highest BCUT2D eigenvalue weighted by atomic mass is 35.5. The summed E-state index contributed by atoms with van der Waals surface area (Å²) in [5, 5.41) is 18.3. The maximum absolute atomic E-state index is 10.3. The summed E-state index contributed by atoms with van der Waals surface area (Å²) in [7, 11) is 0. The molecule has 8 heteroatoms. The second-order valence-electron chi connectivity index (χ2n) is 8.47. The SMILES string of the molecule is C=C(Cl)/C=C(\C1=C(C)CC(c2onc3c2CNCC3)O1)c1ccnc2cc(C(O)CC)oc12. The maximum Gasteiger partial charge on any atom is 0.182 e. The van der Waals surface area contributed by atoms with E-state index in [2.05, 4.69) is 22.0 Å². The van der Waals surface area contributed by atoms with Gasteiger partial charge in [-0.3, -0.25) is 4.98 Å². The summed E-state index contributed by atoms with van der Waals surface area (Å²) >= 11 is 6.24. The third-order valence-electron chi connectivity index (χ3n) is 6.15. The van der Waals surface area contributed by atoms with Crippen LogP contribution in [0, 0.1) is 0 Å². The van der Waals surface area contributed by atoms with Gasteiger partial charge in [0, 0.05) is 59.9 Å². The smallest absolute Gasteiger partial charge is 0.182 e. The molecule has 5 rings (SSSR count). The van der Waals surface area contributed by atoms with E-state index in [0.717, 1.165) is 53.2 Å². The fraction of sp³-hybridized carbons (Fsp3) is 0.360. The Morgan fingerprint density at radius 3 is 3.09 bits per heavy atom. The monoisotopic (exact) mass is 467 g/mol. The van der Waals surface area contributed by atoms with Crippen LogP contribution in [-0.4, -0.2) is 21.8 Å². The number of halogens is 1. The first kappa shape index (κ1) is 21.9. The number of rotatable bonds is 6. The Bertz CT molecular complexity index is 1290. The van der Waals surface area contributed by atoms with E-state index in [1.54, 1.807) is 18.3 Å². The number of aliphatic hydroxyl groups is 1. The largest absolute Gasteiger partial charge is 0.481 e. The fourth-order valence-corrected chi connectivity index (χ4v) is 4.58. The van der Waals surface area contributed by atoms with Gasteiger partial charge < -0.3 is 24.1 Å². The average molecular weight is 468 g/mol. The van der Waals surface area contributed by atoms with E-state index < -0.39 is 6.10 Å². The van der Waals surface area contributed by atoms with E-state index in [1.165, 1.54) is 0 Å². The number of aromatic nitrogens is 2. The van der Waals surface area contributed by atoms with Gasteiger partial charge in [-0.05, 0) is 31.1 Å². The van der Waals surface area contributed by atoms with Crippen LogP contribution < -0.4 is 5.32 Å². The molecular formula is C25H26ClN3O4. The van der Waals surface area contributed by atoms with E-state index in [4.69, 9.17) is 25.3 Å². The number of nitrogens with zero attached hydrogens (tertiary/aromatic N) is 2. The maximum atomic E-state index is 10.3. The average Bonchev–Trinajstić information content (AvgIpc) is 3.52. The number of hydrogen-bond acceptors (Lipinski definition) is 7. The molecule has 3 aromatic heterocycles. The summed E-state index contributed by atoms with van der Waals surface area (Å²) < 4.78 is 18.2. The number of pyridine rings is 1. The molecule has 0 aromatic carbocycles. The van der Waals surface area contributed by atoms with Crippen LogP contribution in [0.5, 0.6) is 0 Å². The summed E-state index contributed by atoms with van der Waals surface area (Å²) in [5.41, 5.74) is 5.89. The van der Waals surface area contributed by atoms with Crippen molar-refractivity contribution in [2.45, 2.75) is 51.9 Å². The number of ether oxygens (including phenoxy) is 1. The van der Waals surface area contributed by atoms with Crippen LogP contribution in [0.4, 0.5) is 0 Å². The molecule has 2 aliphatic rings. The Kier molecular flexibility index (Phi) is 5.86. The van der Waals surface area contributed by atoms with Crippen molar-refractivity contribution in [3.05, 3.63) is 75.7 Å². The number of nitrogens with one attached hydrogen (secondary N) is 1. The molecule has 5 heterocycles. The molecule has 3 aromatic rings. The van der Waals surface area contributed by atoms with Crippen molar-refractivity contribution < 1.29 is 18.8 Å². The molecule has 2 N–H and O–H groups in total. The van der Waals surface area contributed by atoms with E-state index >= 15 is 0 Å². The van der Waals surface area contributed by atoms with Crippen molar-refractivity contribution >= 4 is 28.3 Å². The molecular weight excluding hydrogens is 442 g/mol. The van der Waals surface area contributed by atoms with Gasteiger partial charge in [0.2, 0.25) is 0 Å². The molecule has 0 amide bonds. The molecule has 2 unspecified atom stereocenters. The van der Waals surface area contributed by atoms with Crippen LogP contribution in [0.3, 0.4) is 0 Å². The van der Waals surface area contributed by atoms with Gasteiger partial charge >= 0.3 is 0 Å². The second kappa shape index (κ2) is 8.82. The topological polar surface area (TPSA) is 93.6 Å². The summed E-state index contributed by atoms with van der Waals surface area (Å²) in [4.78, 5) is 4.42. The zero-order chi connectivity index (χ0) is 23.1. The minimum absolute atomic E-state index is 0.269. The van der Waals surface area contributed by atoms with Crippen LogP contribution in [0.25, 0.3) is 16.7 Å². The van der Waals surface area contributed by atoms with Gasteiger partial charge in [0.25, 0.3) is 0 Å². The minimum Gasteiger partial charge on any atom is -0.481 e. The number of furan rings is 1. The van der Waals surface area contributed by atoms with E-state index in [0.29, 0.717) is 40.5 Å². The van der Waals surface area contributed by atoms with Crippen LogP contribution >= 0.6 is 11.6 Å². The fourth-order valence-electron chi connectivity index (χ4n) is 4.47. The highest BCUT2D eigenvalue weighted by molar-refractivity contribution is 6.31. The van der Waals surface area contributed by atoms with Gasteiger partial charge in [-0.2, -0.15) is 0 Å². The Morgan fingerprint density at radius 1 is 1.45 bits per heavy atom. The molecule has 0 aliphatic carbocycles. The van der Waals surface area contributed by atoms with Gasteiger partial charge in [0.15, 0.2) is 17.4 Å². The summed E-state index contributed by atoms with van der Waals surface area (Å²) in [6, 6.07) is 3.63. The molecule has 0 fully saturated rings. The van der Waals surface area contributed by atoms with E-state index in [9.17, 15) is 5.11 Å². The molecule has 2 aliphatic heterocycles. The van der Waals surface area contributed by atoms with Crippen molar-refractivity contribution in [2.75, 3.05) is 6.54 Å². The standard InChI is InChI=1S/C25H26ClN3O4/c1-4-20(30)21-11-19-24(31-21)15(5-8-28-19)16(10-14(3)26)23-13(2)9-22(32-23)25-17-12-27-7-6-18(17)29-33-25/h5,8,10-11,20,22,27,30H,3-4,6-7,9,12H2,1-2H3/b16-10-. The highest BCUT2D eigenvalue weighted by Crippen LogP contribution is 2.45. The van der Waals surface area contributed by atoms with Crippen molar-refractivity contribution in [2.24, 2.45) is 0 Å². The Labute approximate surface area is 196 Å². The molecule has 33 heavy (non-hydrogen) atoms. The molecule has 0 saturated heterocycles. The Balaban J connectivity index is 1.54. The predicted molar refractivity (Wildman–Crippen MR) is 125 cm³/mol. The van der Waals surface area contributed by atoms with Gasteiger partial charge in [0.05, 0.1) is 5.69 Å². The van der Waals surface area contributed by atoms with Crippen LogP contribution in [0.15, 0.2) is 56.3 Å². The minimum atomic E-state index is -0.693. The lowest BCUT2D eigenvalue weighted by atomic mass is 9.99. The third-order valence-corrected chi connectivity index (χ3v) is 6.26. The first-order valence-corrected chi connectivity index (χ1v) is 11.5. The molecule has 0 spiro atoms. The lowest BCUT2D eigenvalue weighted by Crippen LogP contribution is -2.24. The lowest BCUT2D eigenvalue weighted by molar-refractivity contribution is 0.124. The molecule has 0 saturated carbocycles. The van der Waals surface area contributed by atoms with Crippen molar-refractivity contribution in [1.82, 2.24) is 15.5 Å². The number of aliphatic hydroxyl groups excluding tert-OH is 1. The summed E-state index contributed by atoms with van der Waals surface area (Å²) in [6.07, 6.45) is 4.59. The molecule has 172 valence electrons. The van der Waals surface area contributed by atoms with Gasteiger partial charge in [-0.1, -0.05) is 30.3 Å². The quantitative estimate of drug-likeness (QED) is 0.464. The lowest BCUT2D eigenvalue weighted by Gasteiger charge is -2.16. The molecule has 0 bridgehead atoms. The predicted octanol–water partition coefficient (Wildman–Crippen LogP) is 5.48. The normalized spacial score (nSPS) is 19.6. The highest BCUT2D eigenvalue weighted by Gasteiger charge is 2.34. The van der Waals surface area contributed by atoms with E-state index in [-0.39, 0.29) is 6.10 Å².